The molecule has 0 bridgehead atoms. The highest BCUT2D eigenvalue weighted by atomic mass is 32.2. The average molecular weight is 389 g/mol. The molecule has 2 aromatic carbocycles. The first kappa shape index (κ1) is 19.0. The predicted octanol–water partition coefficient (Wildman–Crippen LogP) is 4.37. The lowest BCUT2D eigenvalue weighted by Gasteiger charge is -2.16. The lowest BCUT2D eigenvalue weighted by atomic mass is 10.1. The highest BCUT2D eigenvalue weighted by molar-refractivity contribution is 8.00. The molecule has 2 atom stereocenters. The van der Waals surface area contributed by atoms with Crippen LogP contribution in [-0.4, -0.2) is 21.4 Å². The van der Waals surface area contributed by atoms with Crippen LogP contribution in [-0.2, 0) is 4.79 Å². The number of rotatable bonds is 6. The summed E-state index contributed by atoms with van der Waals surface area (Å²) < 4.78 is 31.5. The third-order valence-electron chi connectivity index (χ3n) is 3.87. The Morgan fingerprint density at radius 2 is 1.59 bits per heavy atom. The molecule has 0 fully saturated rings. The summed E-state index contributed by atoms with van der Waals surface area (Å²) in [6.45, 7) is 3.54. The first-order valence-electron chi connectivity index (χ1n) is 8.24. The highest BCUT2D eigenvalue weighted by Gasteiger charge is 2.20. The molecule has 1 N–H and O–H groups in total. The van der Waals surface area contributed by atoms with Gasteiger partial charge in [-0.15, -0.1) is 10.2 Å². The van der Waals surface area contributed by atoms with E-state index in [-0.39, 0.29) is 34.7 Å². The number of benzene rings is 2. The molecule has 0 aliphatic heterocycles. The summed E-state index contributed by atoms with van der Waals surface area (Å²) in [5.41, 5.74) is 1.40. The molecule has 0 unspecified atom stereocenters. The zero-order chi connectivity index (χ0) is 19.4. The number of nitrogens with one attached hydrogen (secondary N) is 1. The van der Waals surface area contributed by atoms with Crippen LogP contribution in [0.15, 0.2) is 58.2 Å². The Labute approximate surface area is 159 Å². The number of hydrogen-bond donors (Lipinski definition) is 1. The molecule has 3 rings (SSSR count). The number of halogens is 2. The van der Waals surface area contributed by atoms with E-state index in [9.17, 15) is 13.6 Å². The van der Waals surface area contributed by atoms with Crippen molar-refractivity contribution < 1.29 is 18.0 Å². The van der Waals surface area contributed by atoms with Crippen molar-refractivity contribution in [1.29, 1.82) is 0 Å². The number of carbonyl (C=O) groups is 1. The number of hydrogen-bond acceptors (Lipinski definition) is 5. The third-order valence-corrected chi connectivity index (χ3v) is 4.81. The van der Waals surface area contributed by atoms with Gasteiger partial charge in [0.25, 0.3) is 5.22 Å². The Kier molecular flexibility index (Phi) is 5.85. The number of amides is 1. The molecule has 0 aliphatic rings. The van der Waals surface area contributed by atoms with Crippen molar-refractivity contribution in [3.63, 3.8) is 0 Å². The zero-order valence-corrected chi connectivity index (χ0v) is 15.5. The fourth-order valence-corrected chi connectivity index (χ4v) is 3.03. The van der Waals surface area contributed by atoms with Crippen molar-refractivity contribution >= 4 is 17.7 Å². The molecule has 140 valence electrons. The van der Waals surface area contributed by atoms with Gasteiger partial charge >= 0.3 is 0 Å². The quantitative estimate of drug-likeness (QED) is 0.634. The van der Waals surface area contributed by atoms with Gasteiger partial charge < -0.3 is 9.73 Å². The molecule has 3 aromatic rings. The van der Waals surface area contributed by atoms with E-state index in [1.54, 1.807) is 19.1 Å². The number of carbonyl (C=O) groups excluding carboxylic acids is 1. The summed E-state index contributed by atoms with van der Waals surface area (Å²) in [7, 11) is 0. The Balaban J connectivity index is 1.59. The van der Waals surface area contributed by atoms with Crippen molar-refractivity contribution in [3.8, 4) is 11.5 Å². The first-order chi connectivity index (χ1) is 12.9. The molecule has 0 spiro atoms. The van der Waals surface area contributed by atoms with Gasteiger partial charge in [-0.05, 0) is 55.8 Å². The lowest BCUT2D eigenvalue weighted by Crippen LogP contribution is -2.33. The van der Waals surface area contributed by atoms with E-state index in [0.29, 0.717) is 5.56 Å². The van der Waals surface area contributed by atoms with Gasteiger partial charge in [0.2, 0.25) is 11.8 Å². The molecule has 1 aromatic heterocycles. The van der Waals surface area contributed by atoms with E-state index in [2.05, 4.69) is 15.5 Å². The topological polar surface area (TPSA) is 68.0 Å². The van der Waals surface area contributed by atoms with Crippen LogP contribution in [0.3, 0.4) is 0 Å². The molecule has 5 nitrogen and oxygen atoms in total. The largest absolute Gasteiger partial charge is 0.411 e. The van der Waals surface area contributed by atoms with Crippen LogP contribution in [0, 0.1) is 11.6 Å². The van der Waals surface area contributed by atoms with Gasteiger partial charge in [-0.3, -0.25) is 4.79 Å². The van der Waals surface area contributed by atoms with Crippen LogP contribution in [0.1, 0.15) is 25.5 Å². The number of aromatic nitrogens is 2. The van der Waals surface area contributed by atoms with Crippen LogP contribution in [0.4, 0.5) is 8.78 Å². The van der Waals surface area contributed by atoms with Gasteiger partial charge in [-0.2, -0.15) is 0 Å². The van der Waals surface area contributed by atoms with Crippen molar-refractivity contribution in [2.45, 2.75) is 30.4 Å². The van der Waals surface area contributed by atoms with Gasteiger partial charge in [0, 0.05) is 5.56 Å². The second kappa shape index (κ2) is 8.30. The summed E-state index contributed by atoms with van der Waals surface area (Å²) in [5, 5.41) is 10.5. The maximum Gasteiger partial charge on any atom is 0.277 e. The normalized spacial score (nSPS) is 13.2. The van der Waals surface area contributed by atoms with Crippen molar-refractivity contribution in [1.82, 2.24) is 15.5 Å². The van der Waals surface area contributed by atoms with E-state index in [4.69, 9.17) is 4.42 Å². The van der Waals surface area contributed by atoms with E-state index >= 15 is 0 Å². The fraction of sp³-hybridized carbons (Fsp3) is 0.211. The molecule has 27 heavy (non-hydrogen) atoms. The SMILES string of the molecule is C[C@H](Sc1nnc(-c2ccc(F)cc2)o1)C(=O)N[C@H](C)c1ccc(F)cc1. The van der Waals surface area contributed by atoms with Crippen LogP contribution >= 0.6 is 11.8 Å². The highest BCUT2D eigenvalue weighted by Crippen LogP contribution is 2.26. The Bertz CT molecular complexity index is 913. The summed E-state index contributed by atoms with van der Waals surface area (Å²) in [6.07, 6.45) is 0. The molecule has 1 amide bonds. The maximum atomic E-state index is 13.0. The smallest absolute Gasteiger partial charge is 0.277 e. The molecular weight excluding hydrogens is 372 g/mol. The fourth-order valence-electron chi connectivity index (χ4n) is 2.34. The predicted molar refractivity (Wildman–Crippen MR) is 98.0 cm³/mol. The minimum absolute atomic E-state index is 0.210. The van der Waals surface area contributed by atoms with Gasteiger partial charge in [-0.1, -0.05) is 23.9 Å². The van der Waals surface area contributed by atoms with Crippen molar-refractivity contribution in [2.75, 3.05) is 0 Å². The zero-order valence-electron chi connectivity index (χ0n) is 14.6. The maximum absolute atomic E-state index is 13.0. The minimum atomic E-state index is -0.477. The van der Waals surface area contributed by atoms with Crippen LogP contribution in [0.5, 0.6) is 0 Å². The van der Waals surface area contributed by atoms with E-state index in [1.165, 1.54) is 36.4 Å². The minimum Gasteiger partial charge on any atom is -0.411 e. The molecule has 0 aliphatic carbocycles. The summed E-state index contributed by atoms with van der Waals surface area (Å²) >= 11 is 1.12. The summed E-state index contributed by atoms with van der Waals surface area (Å²) in [4.78, 5) is 12.4. The second-order valence-electron chi connectivity index (χ2n) is 5.92. The van der Waals surface area contributed by atoms with Crippen molar-refractivity contribution in [3.05, 3.63) is 65.7 Å². The molecule has 8 heteroatoms. The van der Waals surface area contributed by atoms with Gasteiger partial charge in [-0.25, -0.2) is 8.78 Å². The standard InChI is InChI=1S/C19H17F2N3O2S/c1-11(13-3-7-15(20)8-4-13)22-17(25)12(2)27-19-24-23-18(26-19)14-5-9-16(21)10-6-14/h3-12H,1-2H3,(H,22,25)/t11-,12+/m1/s1. The van der Waals surface area contributed by atoms with Crippen molar-refractivity contribution in [2.24, 2.45) is 0 Å². The molecule has 1 heterocycles. The Morgan fingerprint density at radius 1 is 1.00 bits per heavy atom. The first-order valence-corrected chi connectivity index (χ1v) is 9.12. The summed E-state index contributed by atoms with van der Waals surface area (Å²) in [5.74, 6) is -0.633. The van der Waals surface area contributed by atoms with E-state index in [1.807, 2.05) is 6.92 Å². The Hall–Kier alpha value is -2.74. The number of thioether (sulfide) groups is 1. The molecular formula is C19H17F2N3O2S. The second-order valence-corrected chi connectivity index (χ2v) is 7.21. The number of nitrogens with zero attached hydrogens (tertiary/aromatic N) is 2. The van der Waals surface area contributed by atoms with Gasteiger partial charge in [0.15, 0.2) is 0 Å². The third kappa shape index (κ3) is 4.91. The monoisotopic (exact) mass is 389 g/mol. The molecule has 0 saturated carbocycles. The van der Waals surface area contributed by atoms with Gasteiger partial charge in [0.1, 0.15) is 11.6 Å². The van der Waals surface area contributed by atoms with Crippen LogP contribution in [0.2, 0.25) is 0 Å². The van der Waals surface area contributed by atoms with Gasteiger partial charge in [0.05, 0.1) is 11.3 Å². The molecule has 0 saturated heterocycles. The Morgan fingerprint density at radius 3 is 2.22 bits per heavy atom. The van der Waals surface area contributed by atoms with E-state index < -0.39 is 5.25 Å². The molecule has 0 radical (unpaired) electrons. The lowest BCUT2D eigenvalue weighted by molar-refractivity contribution is -0.120. The van der Waals surface area contributed by atoms with Crippen LogP contribution < -0.4 is 5.32 Å². The average Bonchev–Trinajstić information content (AvgIpc) is 3.11. The summed E-state index contributed by atoms with van der Waals surface area (Å²) in [6, 6.07) is 11.4. The van der Waals surface area contributed by atoms with Crippen LogP contribution in [0.25, 0.3) is 11.5 Å². The van der Waals surface area contributed by atoms with E-state index in [0.717, 1.165) is 17.3 Å².